The number of carbonyl (C=O) groups is 2. The SMILES string of the molecule is CCOC(CO)OC(=O)C(CC)C(C)=O. The number of hydrogen-bond donors (Lipinski definition) is 1. The smallest absolute Gasteiger partial charge is 0.318 e. The van der Waals surface area contributed by atoms with E-state index < -0.39 is 24.8 Å². The molecule has 0 saturated heterocycles. The minimum absolute atomic E-state index is 0.240. The van der Waals surface area contributed by atoms with Gasteiger partial charge in [0.1, 0.15) is 18.3 Å². The monoisotopic (exact) mass is 218 g/mol. The van der Waals surface area contributed by atoms with Gasteiger partial charge in [0, 0.05) is 6.61 Å². The zero-order valence-electron chi connectivity index (χ0n) is 9.36. The molecule has 1 N–H and O–H groups in total. The molecule has 0 spiro atoms. The lowest BCUT2D eigenvalue weighted by atomic mass is 10.0. The first-order valence-corrected chi connectivity index (χ1v) is 5.00. The number of Topliss-reactive ketones (excluding diaryl/α,β-unsaturated/α-hetero) is 1. The average Bonchev–Trinajstić information content (AvgIpc) is 2.17. The van der Waals surface area contributed by atoms with Crippen molar-refractivity contribution in [2.45, 2.75) is 33.5 Å². The average molecular weight is 218 g/mol. The summed E-state index contributed by atoms with van der Waals surface area (Å²) in [5.74, 6) is -1.65. The summed E-state index contributed by atoms with van der Waals surface area (Å²) in [6.07, 6.45) is -0.589. The number of ketones is 1. The molecule has 5 nitrogen and oxygen atoms in total. The molecule has 0 aromatic heterocycles. The van der Waals surface area contributed by atoms with Crippen LogP contribution in [0.15, 0.2) is 0 Å². The predicted molar refractivity (Wildman–Crippen MR) is 53.1 cm³/mol. The summed E-state index contributed by atoms with van der Waals surface area (Å²) < 4.78 is 9.75. The van der Waals surface area contributed by atoms with Gasteiger partial charge in [0.25, 0.3) is 0 Å². The first-order chi connectivity index (χ1) is 7.06. The fourth-order valence-corrected chi connectivity index (χ4v) is 1.14. The topological polar surface area (TPSA) is 72.8 Å². The number of hydrogen-bond acceptors (Lipinski definition) is 5. The molecule has 0 aromatic rings. The molecule has 0 radical (unpaired) electrons. The molecular formula is C10H18O5. The predicted octanol–water partition coefficient (Wildman–Crippen LogP) is 0.500. The van der Waals surface area contributed by atoms with Gasteiger partial charge in [-0.1, -0.05) is 6.92 Å². The number of aliphatic hydroxyl groups is 1. The van der Waals surface area contributed by atoms with Crippen molar-refractivity contribution in [3.05, 3.63) is 0 Å². The minimum Gasteiger partial charge on any atom is -0.433 e. The van der Waals surface area contributed by atoms with Gasteiger partial charge in [0.05, 0.1) is 0 Å². The van der Waals surface area contributed by atoms with Crippen molar-refractivity contribution in [1.29, 1.82) is 0 Å². The fraction of sp³-hybridized carbons (Fsp3) is 0.800. The maximum absolute atomic E-state index is 11.4. The van der Waals surface area contributed by atoms with Crippen molar-refractivity contribution in [2.24, 2.45) is 5.92 Å². The Labute approximate surface area is 89.4 Å². The standard InChI is InChI=1S/C10H18O5/c1-4-8(7(3)12)10(13)15-9(6-11)14-5-2/h8-9,11H,4-6H2,1-3H3. The van der Waals surface area contributed by atoms with Gasteiger partial charge in [0.15, 0.2) is 0 Å². The van der Waals surface area contributed by atoms with E-state index in [1.165, 1.54) is 6.92 Å². The highest BCUT2D eigenvalue weighted by Crippen LogP contribution is 2.09. The van der Waals surface area contributed by atoms with E-state index in [4.69, 9.17) is 14.6 Å². The van der Waals surface area contributed by atoms with E-state index in [1.807, 2.05) is 0 Å². The van der Waals surface area contributed by atoms with Crippen LogP contribution in [0.25, 0.3) is 0 Å². The third-order valence-electron chi connectivity index (χ3n) is 1.93. The van der Waals surface area contributed by atoms with Gasteiger partial charge < -0.3 is 14.6 Å². The van der Waals surface area contributed by atoms with Crippen LogP contribution < -0.4 is 0 Å². The number of rotatable bonds is 7. The molecule has 5 heteroatoms. The van der Waals surface area contributed by atoms with Crippen molar-refractivity contribution in [2.75, 3.05) is 13.2 Å². The maximum atomic E-state index is 11.4. The first-order valence-electron chi connectivity index (χ1n) is 5.00. The van der Waals surface area contributed by atoms with Crippen LogP contribution in [0.2, 0.25) is 0 Å². The Morgan fingerprint density at radius 2 is 1.93 bits per heavy atom. The van der Waals surface area contributed by atoms with Crippen LogP contribution in [0.4, 0.5) is 0 Å². The Kier molecular flexibility index (Phi) is 6.90. The van der Waals surface area contributed by atoms with Crippen molar-refractivity contribution in [3.8, 4) is 0 Å². The van der Waals surface area contributed by atoms with Gasteiger partial charge >= 0.3 is 5.97 Å². The van der Waals surface area contributed by atoms with E-state index in [2.05, 4.69) is 0 Å². The Morgan fingerprint density at radius 1 is 1.33 bits per heavy atom. The van der Waals surface area contributed by atoms with E-state index in [-0.39, 0.29) is 5.78 Å². The molecule has 0 bridgehead atoms. The van der Waals surface area contributed by atoms with Crippen LogP contribution in [-0.2, 0) is 19.1 Å². The van der Waals surface area contributed by atoms with Crippen LogP contribution >= 0.6 is 0 Å². The fourth-order valence-electron chi connectivity index (χ4n) is 1.14. The van der Waals surface area contributed by atoms with Gasteiger partial charge in [-0.25, -0.2) is 0 Å². The lowest BCUT2D eigenvalue weighted by Gasteiger charge is -2.17. The molecule has 0 heterocycles. The Morgan fingerprint density at radius 3 is 2.27 bits per heavy atom. The van der Waals surface area contributed by atoms with Crippen molar-refractivity contribution >= 4 is 11.8 Å². The Bertz CT molecular complexity index is 214. The number of ether oxygens (including phenoxy) is 2. The lowest BCUT2D eigenvalue weighted by molar-refractivity contribution is -0.190. The second kappa shape index (κ2) is 7.36. The highest BCUT2D eigenvalue weighted by atomic mass is 16.7. The number of carbonyl (C=O) groups excluding carboxylic acids is 2. The Hall–Kier alpha value is -0.940. The highest BCUT2D eigenvalue weighted by Gasteiger charge is 2.25. The summed E-state index contributed by atoms with van der Waals surface area (Å²) in [4.78, 5) is 22.5. The third-order valence-corrected chi connectivity index (χ3v) is 1.93. The first kappa shape index (κ1) is 14.1. The number of aliphatic hydroxyl groups excluding tert-OH is 1. The molecule has 0 saturated carbocycles. The lowest BCUT2D eigenvalue weighted by Crippen LogP contribution is -2.31. The van der Waals surface area contributed by atoms with Gasteiger partial charge in [-0.3, -0.25) is 9.59 Å². The normalized spacial score (nSPS) is 14.4. The Balaban J connectivity index is 4.24. The second-order valence-corrected chi connectivity index (χ2v) is 3.08. The zero-order chi connectivity index (χ0) is 11.8. The highest BCUT2D eigenvalue weighted by molar-refractivity contribution is 5.97. The molecule has 2 atom stereocenters. The van der Waals surface area contributed by atoms with Crippen LogP contribution in [0.1, 0.15) is 27.2 Å². The largest absolute Gasteiger partial charge is 0.433 e. The molecule has 0 fully saturated rings. The van der Waals surface area contributed by atoms with Gasteiger partial charge in [0.2, 0.25) is 6.29 Å². The summed E-state index contributed by atoms with van der Waals surface area (Å²) in [6.45, 7) is 4.70. The summed E-state index contributed by atoms with van der Waals surface area (Å²) in [5, 5.41) is 8.81. The van der Waals surface area contributed by atoms with E-state index in [0.717, 1.165) is 0 Å². The van der Waals surface area contributed by atoms with E-state index >= 15 is 0 Å². The summed E-state index contributed by atoms with van der Waals surface area (Å²) in [6, 6.07) is 0. The molecule has 0 amide bonds. The molecular weight excluding hydrogens is 200 g/mol. The molecule has 0 aromatic carbocycles. The van der Waals surface area contributed by atoms with E-state index in [9.17, 15) is 9.59 Å². The van der Waals surface area contributed by atoms with Crippen LogP contribution in [-0.4, -0.2) is 36.4 Å². The van der Waals surface area contributed by atoms with Gasteiger partial charge in [-0.15, -0.1) is 0 Å². The molecule has 88 valence electrons. The molecule has 0 aliphatic carbocycles. The maximum Gasteiger partial charge on any atom is 0.318 e. The van der Waals surface area contributed by atoms with Gasteiger partial charge in [-0.05, 0) is 20.3 Å². The van der Waals surface area contributed by atoms with Crippen molar-refractivity contribution in [1.82, 2.24) is 0 Å². The van der Waals surface area contributed by atoms with Crippen LogP contribution in [0, 0.1) is 5.92 Å². The van der Waals surface area contributed by atoms with Crippen LogP contribution in [0.5, 0.6) is 0 Å². The molecule has 2 unspecified atom stereocenters. The molecule has 0 rings (SSSR count). The summed E-state index contributed by atoms with van der Waals surface area (Å²) in [7, 11) is 0. The van der Waals surface area contributed by atoms with Crippen molar-refractivity contribution < 1.29 is 24.2 Å². The summed E-state index contributed by atoms with van der Waals surface area (Å²) in [5.41, 5.74) is 0. The third kappa shape index (κ3) is 4.90. The quantitative estimate of drug-likeness (QED) is 0.382. The molecule has 0 aliphatic rings. The summed E-state index contributed by atoms with van der Waals surface area (Å²) >= 11 is 0. The molecule has 0 aliphatic heterocycles. The van der Waals surface area contributed by atoms with E-state index in [0.29, 0.717) is 13.0 Å². The second-order valence-electron chi connectivity index (χ2n) is 3.08. The zero-order valence-corrected chi connectivity index (χ0v) is 9.36. The van der Waals surface area contributed by atoms with E-state index in [1.54, 1.807) is 13.8 Å². The van der Waals surface area contributed by atoms with Crippen molar-refractivity contribution in [3.63, 3.8) is 0 Å². The number of esters is 1. The molecule has 15 heavy (non-hydrogen) atoms. The van der Waals surface area contributed by atoms with Gasteiger partial charge in [-0.2, -0.15) is 0 Å². The minimum atomic E-state index is -0.976. The van der Waals surface area contributed by atoms with Crippen LogP contribution in [0.3, 0.4) is 0 Å².